The summed E-state index contributed by atoms with van der Waals surface area (Å²) in [6.45, 7) is 1.62. The number of rotatable bonds is 7. The highest BCUT2D eigenvalue weighted by Gasteiger charge is 2.32. The van der Waals surface area contributed by atoms with Crippen molar-refractivity contribution in [2.24, 2.45) is 0 Å². The highest BCUT2D eigenvalue weighted by Crippen LogP contribution is 2.19. The Bertz CT molecular complexity index is 574. The number of hydrogen-bond donors (Lipinski definition) is 1. The molecule has 1 aliphatic heterocycles. The maximum Gasteiger partial charge on any atom is 0.239 e. The maximum absolute atomic E-state index is 12.2. The van der Waals surface area contributed by atoms with Gasteiger partial charge in [0.2, 0.25) is 11.8 Å². The fourth-order valence-electron chi connectivity index (χ4n) is 3.08. The molecular formula is C18H27N3O3. The zero-order valence-corrected chi connectivity index (χ0v) is 14.7. The number of benzene rings is 1. The van der Waals surface area contributed by atoms with Gasteiger partial charge in [0.25, 0.3) is 0 Å². The first-order valence-corrected chi connectivity index (χ1v) is 8.36. The lowest BCUT2D eigenvalue weighted by Gasteiger charge is -2.25. The zero-order chi connectivity index (χ0) is 17.5. The van der Waals surface area contributed by atoms with Crippen LogP contribution in [-0.4, -0.2) is 68.5 Å². The molecule has 2 rings (SSSR count). The van der Waals surface area contributed by atoms with Gasteiger partial charge in [-0.05, 0) is 37.4 Å². The normalized spacial score (nSPS) is 17.5. The lowest BCUT2D eigenvalue weighted by Crippen LogP contribution is -2.46. The van der Waals surface area contributed by atoms with Crippen LogP contribution >= 0.6 is 0 Å². The summed E-state index contributed by atoms with van der Waals surface area (Å²) in [5, 5.41) is 2.94. The fraction of sp³-hybridized carbons (Fsp3) is 0.556. The van der Waals surface area contributed by atoms with Crippen molar-refractivity contribution in [3.8, 4) is 5.75 Å². The maximum atomic E-state index is 12.2. The molecule has 1 fully saturated rings. The number of para-hydroxylation sites is 1. The van der Waals surface area contributed by atoms with E-state index in [0.29, 0.717) is 6.54 Å². The molecule has 1 heterocycles. The number of carbonyl (C=O) groups excluding carboxylic acids is 2. The third-order valence-electron chi connectivity index (χ3n) is 4.35. The molecule has 1 aromatic carbocycles. The Hall–Kier alpha value is -2.08. The van der Waals surface area contributed by atoms with Crippen LogP contribution in [0.4, 0.5) is 0 Å². The molecule has 24 heavy (non-hydrogen) atoms. The first kappa shape index (κ1) is 18.3. The lowest BCUT2D eigenvalue weighted by atomic mass is 10.1. The van der Waals surface area contributed by atoms with E-state index in [1.807, 2.05) is 29.2 Å². The van der Waals surface area contributed by atoms with Crippen molar-refractivity contribution in [1.82, 2.24) is 15.1 Å². The molecule has 0 spiro atoms. The van der Waals surface area contributed by atoms with Crippen molar-refractivity contribution in [1.29, 1.82) is 0 Å². The number of methoxy groups -OCH3 is 1. The van der Waals surface area contributed by atoms with Crippen molar-refractivity contribution in [3.05, 3.63) is 29.8 Å². The van der Waals surface area contributed by atoms with Crippen molar-refractivity contribution < 1.29 is 14.3 Å². The van der Waals surface area contributed by atoms with Crippen molar-refractivity contribution in [2.75, 3.05) is 40.8 Å². The summed E-state index contributed by atoms with van der Waals surface area (Å²) in [7, 11) is 5.16. The van der Waals surface area contributed by atoms with Gasteiger partial charge in [0.15, 0.2) is 0 Å². The van der Waals surface area contributed by atoms with Crippen molar-refractivity contribution in [3.63, 3.8) is 0 Å². The minimum Gasteiger partial charge on any atom is -0.496 e. The van der Waals surface area contributed by atoms with Gasteiger partial charge in [0.1, 0.15) is 5.75 Å². The molecule has 1 N–H and O–H groups in total. The molecule has 2 amide bonds. The van der Waals surface area contributed by atoms with E-state index in [0.717, 1.165) is 37.1 Å². The van der Waals surface area contributed by atoms with E-state index in [-0.39, 0.29) is 24.4 Å². The minimum atomic E-state index is -0.167. The topological polar surface area (TPSA) is 61.9 Å². The third kappa shape index (κ3) is 4.71. The molecule has 1 aromatic rings. The average Bonchev–Trinajstić information content (AvgIpc) is 3.02. The van der Waals surface area contributed by atoms with E-state index in [1.54, 1.807) is 26.1 Å². The van der Waals surface area contributed by atoms with Gasteiger partial charge in [0.05, 0.1) is 19.7 Å². The van der Waals surface area contributed by atoms with Crippen LogP contribution in [0.5, 0.6) is 5.75 Å². The van der Waals surface area contributed by atoms with E-state index < -0.39 is 0 Å². The second-order valence-corrected chi connectivity index (χ2v) is 6.27. The third-order valence-corrected chi connectivity index (χ3v) is 4.35. The van der Waals surface area contributed by atoms with Crippen LogP contribution in [0.25, 0.3) is 0 Å². The summed E-state index contributed by atoms with van der Waals surface area (Å²) in [6.07, 6.45) is 2.50. The lowest BCUT2D eigenvalue weighted by molar-refractivity contribution is -0.134. The van der Waals surface area contributed by atoms with E-state index in [4.69, 9.17) is 4.74 Å². The average molecular weight is 333 g/mol. The number of nitrogens with one attached hydrogen (secondary N) is 1. The van der Waals surface area contributed by atoms with Gasteiger partial charge in [-0.15, -0.1) is 0 Å². The quantitative estimate of drug-likeness (QED) is 0.806. The van der Waals surface area contributed by atoms with Gasteiger partial charge in [-0.25, -0.2) is 0 Å². The Morgan fingerprint density at radius 2 is 2.08 bits per heavy atom. The van der Waals surface area contributed by atoms with Gasteiger partial charge in [0, 0.05) is 20.6 Å². The Morgan fingerprint density at radius 3 is 2.79 bits per heavy atom. The van der Waals surface area contributed by atoms with Crippen molar-refractivity contribution in [2.45, 2.75) is 25.3 Å². The molecule has 0 radical (unpaired) electrons. The molecule has 6 heteroatoms. The fourth-order valence-corrected chi connectivity index (χ4v) is 3.08. The molecule has 6 nitrogen and oxygen atoms in total. The van der Waals surface area contributed by atoms with Gasteiger partial charge in [-0.1, -0.05) is 18.2 Å². The second-order valence-electron chi connectivity index (χ2n) is 6.27. The number of nitrogens with zero attached hydrogens (tertiary/aromatic N) is 2. The largest absolute Gasteiger partial charge is 0.496 e. The SMILES string of the molecule is COc1ccccc1CCNC(=O)CN1CCCC1C(=O)N(C)C. The Kier molecular flexibility index (Phi) is 6.61. The molecule has 0 aromatic heterocycles. The minimum absolute atomic E-state index is 0.0386. The second kappa shape index (κ2) is 8.68. The molecule has 132 valence electrons. The van der Waals surface area contributed by atoms with Crippen LogP contribution in [-0.2, 0) is 16.0 Å². The summed E-state index contributed by atoms with van der Waals surface area (Å²) in [5.41, 5.74) is 1.07. The Balaban J connectivity index is 1.80. The monoisotopic (exact) mass is 333 g/mol. The Labute approximate surface area is 143 Å². The van der Waals surface area contributed by atoms with E-state index in [2.05, 4.69) is 5.32 Å². The number of ether oxygens (including phenoxy) is 1. The van der Waals surface area contributed by atoms with Crippen LogP contribution in [0.1, 0.15) is 18.4 Å². The summed E-state index contributed by atoms with van der Waals surface area (Å²) in [5.74, 6) is 0.876. The molecule has 0 aliphatic carbocycles. The predicted molar refractivity (Wildman–Crippen MR) is 93.0 cm³/mol. The molecule has 0 bridgehead atoms. The smallest absolute Gasteiger partial charge is 0.239 e. The zero-order valence-electron chi connectivity index (χ0n) is 14.7. The number of amides is 2. The number of likely N-dealkylation sites (tertiary alicyclic amines) is 1. The number of hydrogen-bond acceptors (Lipinski definition) is 4. The van der Waals surface area contributed by atoms with Gasteiger partial charge < -0.3 is 15.0 Å². The van der Waals surface area contributed by atoms with E-state index in [1.165, 1.54) is 0 Å². The molecule has 1 unspecified atom stereocenters. The molecule has 1 atom stereocenters. The summed E-state index contributed by atoms with van der Waals surface area (Å²) in [4.78, 5) is 27.9. The number of likely N-dealkylation sites (N-methyl/N-ethyl adjacent to an activating group) is 1. The summed E-state index contributed by atoms with van der Waals surface area (Å²) >= 11 is 0. The van der Waals surface area contributed by atoms with Crippen LogP contribution in [0.2, 0.25) is 0 Å². The van der Waals surface area contributed by atoms with Crippen molar-refractivity contribution >= 4 is 11.8 Å². The number of carbonyl (C=O) groups is 2. The van der Waals surface area contributed by atoms with Gasteiger partial charge in [-0.2, -0.15) is 0 Å². The van der Waals surface area contributed by atoms with E-state index in [9.17, 15) is 9.59 Å². The highest BCUT2D eigenvalue weighted by molar-refractivity contribution is 5.83. The molecule has 1 saturated heterocycles. The summed E-state index contributed by atoms with van der Waals surface area (Å²) < 4.78 is 5.31. The first-order chi connectivity index (χ1) is 11.5. The van der Waals surface area contributed by atoms with Gasteiger partial charge in [-0.3, -0.25) is 14.5 Å². The highest BCUT2D eigenvalue weighted by atomic mass is 16.5. The molecule has 1 aliphatic rings. The van der Waals surface area contributed by atoms with Gasteiger partial charge >= 0.3 is 0 Å². The molecule has 0 saturated carbocycles. The van der Waals surface area contributed by atoms with Crippen LogP contribution in [0, 0.1) is 0 Å². The Morgan fingerprint density at radius 1 is 1.33 bits per heavy atom. The standard InChI is InChI=1S/C18H27N3O3/c1-20(2)18(23)15-8-6-12-21(15)13-17(22)19-11-10-14-7-4-5-9-16(14)24-3/h4-5,7,9,15H,6,8,10-13H2,1-3H3,(H,19,22). The predicted octanol–water partition coefficient (Wildman–Crippen LogP) is 0.907. The van der Waals surface area contributed by atoms with Crippen LogP contribution in [0.15, 0.2) is 24.3 Å². The first-order valence-electron chi connectivity index (χ1n) is 8.36. The molecular weight excluding hydrogens is 306 g/mol. The van der Waals surface area contributed by atoms with Crippen LogP contribution in [0.3, 0.4) is 0 Å². The van der Waals surface area contributed by atoms with E-state index >= 15 is 0 Å². The van der Waals surface area contributed by atoms with Crippen LogP contribution < -0.4 is 10.1 Å². The summed E-state index contributed by atoms with van der Waals surface area (Å²) in [6, 6.07) is 7.63.